The van der Waals surface area contributed by atoms with Crippen molar-refractivity contribution in [2.24, 2.45) is 0 Å². The zero-order chi connectivity index (χ0) is 19.8. The average Bonchev–Trinajstić information content (AvgIpc) is 2.74. The van der Waals surface area contributed by atoms with E-state index in [9.17, 15) is 4.79 Å². The molecule has 2 aromatic carbocycles. The lowest BCUT2D eigenvalue weighted by atomic mass is 10.2. The number of ether oxygens (including phenoxy) is 2. The number of nitrogens with zero attached hydrogens (tertiary/aromatic N) is 2. The minimum absolute atomic E-state index is 0.214. The van der Waals surface area contributed by atoms with Crippen LogP contribution >= 0.6 is 0 Å². The fourth-order valence-electron chi connectivity index (χ4n) is 3.33. The smallest absolute Gasteiger partial charge is 0.277 e. The molecule has 1 saturated heterocycles. The molecule has 0 aliphatic carbocycles. The van der Waals surface area contributed by atoms with Gasteiger partial charge in [-0.3, -0.25) is 4.79 Å². The number of nitrogens with one attached hydrogen (secondary N) is 1. The van der Waals surface area contributed by atoms with E-state index in [2.05, 4.69) is 17.0 Å². The summed E-state index contributed by atoms with van der Waals surface area (Å²) in [6, 6.07) is 17.9. The first-order chi connectivity index (χ1) is 13.7. The van der Waals surface area contributed by atoms with Crippen molar-refractivity contribution in [2.45, 2.75) is 0 Å². The predicted octanol–water partition coefficient (Wildman–Crippen LogP) is 0.938. The van der Waals surface area contributed by atoms with E-state index in [0.717, 1.165) is 44.2 Å². The first-order valence-electron chi connectivity index (χ1n) is 9.81. The van der Waals surface area contributed by atoms with Crippen molar-refractivity contribution in [1.82, 2.24) is 4.90 Å². The zero-order valence-corrected chi connectivity index (χ0v) is 16.8. The number of para-hydroxylation sites is 1. The van der Waals surface area contributed by atoms with Gasteiger partial charge in [0.25, 0.3) is 5.91 Å². The molecule has 6 nitrogen and oxygen atoms in total. The molecule has 1 fully saturated rings. The molecule has 1 amide bonds. The predicted molar refractivity (Wildman–Crippen MR) is 110 cm³/mol. The van der Waals surface area contributed by atoms with Crippen molar-refractivity contribution in [3.05, 3.63) is 54.6 Å². The van der Waals surface area contributed by atoms with E-state index >= 15 is 0 Å². The lowest BCUT2D eigenvalue weighted by Crippen LogP contribution is -3.10. The standard InChI is InChI=1S/C22H29N3O3/c1-23(16-17-28-21-6-4-3-5-7-21)18-22(26)25-14-12-24(13-15-25)19-8-10-20(27-2)11-9-19/h3-11H,12-18H2,1-2H3/p+1. The maximum Gasteiger partial charge on any atom is 0.277 e. The molecule has 0 spiro atoms. The van der Waals surface area contributed by atoms with Gasteiger partial charge in [-0.25, -0.2) is 0 Å². The lowest BCUT2D eigenvalue weighted by Gasteiger charge is -2.36. The van der Waals surface area contributed by atoms with Gasteiger partial charge < -0.3 is 24.2 Å². The highest BCUT2D eigenvalue weighted by Crippen LogP contribution is 2.20. The van der Waals surface area contributed by atoms with Gasteiger partial charge in [0.05, 0.1) is 14.2 Å². The largest absolute Gasteiger partial charge is 0.497 e. The number of likely N-dealkylation sites (N-methyl/N-ethyl adjacent to an activating group) is 1. The summed E-state index contributed by atoms with van der Waals surface area (Å²) < 4.78 is 10.9. The van der Waals surface area contributed by atoms with Crippen molar-refractivity contribution in [1.29, 1.82) is 0 Å². The zero-order valence-electron chi connectivity index (χ0n) is 16.8. The van der Waals surface area contributed by atoms with Crippen LogP contribution in [-0.2, 0) is 4.79 Å². The van der Waals surface area contributed by atoms with Crippen LogP contribution in [0.25, 0.3) is 0 Å². The number of carbonyl (C=O) groups is 1. The molecule has 0 radical (unpaired) electrons. The Morgan fingerprint density at radius 2 is 1.64 bits per heavy atom. The van der Waals surface area contributed by atoms with E-state index in [1.165, 1.54) is 10.6 Å². The van der Waals surface area contributed by atoms with Crippen molar-refractivity contribution in [3.63, 3.8) is 0 Å². The molecule has 1 atom stereocenters. The highest BCUT2D eigenvalue weighted by Gasteiger charge is 2.23. The second-order valence-corrected chi connectivity index (χ2v) is 7.11. The number of anilines is 1. The number of methoxy groups -OCH3 is 1. The van der Waals surface area contributed by atoms with Gasteiger partial charge in [0.1, 0.15) is 24.7 Å². The Kier molecular flexibility index (Phi) is 7.14. The van der Waals surface area contributed by atoms with E-state index < -0.39 is 0 Å². The minimum atomic E-state index is 0.214. The summed E-state index contributed by atoms with van der Waals surface area (Å²) in [4.78, 5) is 18.0. The van der Waals surface area contributed by atoms with E-state index in [1.807, 2.05) is 54.4 Å². The summed E-state index contributed by atoms with van der Waals surface area (Å²) in [6.45, 7) is 5.14. The quantitative estimate of drug-likeness (QED) is 0.736. The van der Waals surface area contributed by atoms with Crippen molar-refractivity contribution in [2.75, 3.05) is 64.9 Å². The second-order valence-electron chi connectivity index (χ2n) is 7.11. The fraction of sp³-hybridized carbons (Fsp3) is 0.409. The Morgan fingerprint density at radius 1 is 0.964 bits per heavy atom. The molecule has 1 unspecified atom stereocenters. The van der Waals surface area contributed by atoms with Crippen LogP contribution in [0, 0.1) is 0 Å². The average molecular weight is 385 g/mol. The fourth-order valence-corrected chi connectivity index (χ4v) is 3.33. The maximum absolute atomic E-state index is 12.6. The third-order valence-electron chi connectivity index (χ3n) is 5.06. The molecule has 1 aliphatic rings. The van der Waals surface area contributed by atoms with Gasteiger partial charge in [0.15, 0.2) is 6.54 Å². The van der Waals surface area contributed by atoms with E-state index in [0.29, 0.717) is 13.2 Å². The number of benzene rings is 2. The molecule has 2 aromatic rings. The van der Waals surface area contributed by atoms with E-state index in [-0.39, 0.29) is 5.91 Å². The van der Waals surface area contributed by atoms with Gasteiger partial charge in [-0.1, -0.05) is 18.2 Å². The molecular weight excluding hydrogens is 354 g/mol. The summed E-state index contributed by atoms with van der Waals surface area (Å²) in [5, 5.41) is 0. The van der Waals surface area contributed by atoms with Crippen molar-refractivity contribution >= 4 is 11.6 Å². The van der Waals surface area contributed by atoms with E-state index in [4.69, 9.17) is 9.47 Å². The normalized spacial score (nSPS) is 15.2. The third kappa shape index (κ3) is 5.63. The molecule has 28 heavy (non-hydrogen) atoms. The molecule has 0 saturated carbocycles. The van der Waals surface area contributed by atoms with Gasteiger partial charge in [0, 0.05) is 31.9 Å². The molecule has 1 N–H and O–H groups in total. The van der Waals surface area contributed by atoms with Crippen LogP contribution in [0.4, 0.5) is 5.69 Å². The SMILES string of the molecule is COc1ccc(N2CCN(C(=O)C[NH+](C)CCOc3ccccc3)CC2)cc1. The van der Waals surface area contributed by atoms with Gasteiger partial charge >= 0.3 is 0 Å². The molecule has 1 heterocycles. The number of carbonyl (C=O) groups excluding carboxylic acids is 1. The summed E-state index contributed by atoms with van der Waals surface area (Å²) in [5.41, 5.74) is 1.17. The van der Waals surface area contributed by atoms with Crippen LogP contribution in [0.15, 0.2) is 54.6 Å². The Bertz CT molecular complexity index is 728. The van der Waals surface area contributed by atoms with Crippen LogP contribution in [0.5, 0.6) is 11.5 Å². The van der Waals surface area contributed by atoms with Crippen molar-refractivity contribution in [3.8, 4) is 11.5 Å². The number of hydrogen-bond acceptors (Lipinski definition) is 4. The van der Waals surface area contributed by atoms with Crippen LogP contribution in [0.1, 0.15) is 0 Å². The highest BCUT2D eigenvalue weighted by molar-refractivity contribution is 5.77. The monoisotopic (exact) mass is 384 g/mol. The summed E-state index contributed by atoms with van der Waals surface area (Å²) in [6.07, 6.45) is 0. The number of rotatable bonds is 8. The lowest BCUT2D eigenvalue weighted by molar-refractivity contribution is -0.871. The van der Waals surface area contributed by atoms with Crippen LogP contribution in [0.3, 0.4) is 0 Å². The van der Waals surface area contributed by atoms with E-state index in [1.54, 1.807) is 7.11 Å². The van der Waals surface area contributed by atoms with Gasteiger partial charge in [-0.2, -0.15) is 0 Å². The van der Waals surface area contributed by atoms with Crippen LogP contribution in [0.2, 0.25) is 0 Å². The molecule has 3 rings (SSSR count). The first-order valence-corrected chi connectivity index (χ1v) is 9.81. The number of quaternary nitrogens is 1. The van der Waals surface area contributed by atoms with Crippen LogP contribution < -0.4 is 19.3 Å². The molecule has 1 aliphatic heterocycles. The van der Waals surface area contributed by atoms with Gasteiger partial charge in [-0.05, 0) is 36.4 Å². The third-order valence-corrected chi connectivity index (χ3v) is 5.06. The Hall–Kier alpha value is -2.73. The number of piperazine rings is 1. The molecular formula is C22H30N3O3+. The highest BCUT2D eigenvalue weighted by atomic mass is 16.5. The summed E-state index contributed by atoms with van der Waals surface area (Å²) in [5.74, 6) is 1.95. The Morgan fingerprint density at radius 3 is 2.29 bits per heavy atom. The summed E-state index contributed by atoms with van der Waals surface area (Å²) >= 11 is 0. The maximum atomic E-state index is 12.6. The van der Waals surface area contributed by atoms with Gasteiger partial charge in [-0.15, -0.1) is 0 Å². The second kappa shape index (κ2) is 9.99. The number of amides is 1. The minimum Gasteiger partial charge on any atom is -0.497 e. The first kappa shape index (κ1) is 20.0. The van der Waals surface area contributed by atoms with Crippen molar-refractivity contribution < 1.29 is 19.2 Å². The molecule has 0 aromatic heterocycles. The van der Waals surface area contributed by atoms with Gasteiger partial charge in [0.2, 0.25) is 0 Å². The molecule has 6 heteroatoms. The molecule has 150 valence electrons. The number of hydrogen-bond donors (Lipinski definition) is 1. The topological polar surface area (TPSA) is 46.5 Å². The summed E-state index contributed by atoms with van der Waals surface area (Å²) in [7, 11) is 3.71. The molecule has 0 bridgehead atoms. The van der Waals surface area contributed by atoms with Crippen LogP contribution in [-0.4, -0.2) is 70.8 Å². The Balaban J connectivity index is 1.38. The Labute approximate surface area is 167 Å².